The van der Waals surface area contributed by atoms with Crippen LogP contribution in [0.25, 0.3) is 0 Å². The van der Waals surface area contributed by atoms with E-state index < -0.39 is 63.9 Å². The molecule has 0 spiro atoms. The molecular weight excluding hydrogens is 801 g/mol. The van der Waals surface area contributed by atoms with Crippen LogP contribution in [-0.2, 0) is 24.0 Å². The number of piperidine rings is 2. The molecule has 5 heterocycles. The second-order valence-corrected chi connectivity index (χ2v) is 17.7. The smallest absolute Gasteiger partial charge is 0.546 e. The van der Waals surface area contributed by atoms with Gasteiger partial charge in [0.2, 0.25) is 0 Å². The van der Waals surface area contributed by atoms with Gasteiger partial charge in [0.15, 0.2) is 27.9 Å². The number of carboxylic acids is 2. The maximum atomic E-state index is 13.6. The Morgan fingerprint density at radius 2 is 1.88 bits per heavy atom. The molecule has 2 aromatic rings. The van der Waals surface area contributed by atoms with E-state index in [9.17, 15) is 44.4 Å². The first-order valence-corrected chi connectivity index (χ1v) is 19.8. The van der Waals surface area contributed by atoms with Gasteiger partial charge in [-0.05, 0) is 64.2 Å². The zero-order valence-corrected chi connectivity index (χ0v) is 35.6. The third-order valence-electron chi connectivity index (χ3n) is 10.9. The first-order chi connectivity index (χ1) is 25.9. The van der Waals surface area contributed by atoms with E-state index in [0.29, 0.717) is 29.6 Å². The van der Waals surface area contributed by atoms with E-state index in [1.807, 2.05) is 6.92 Å². The van der Waals surface area contributed by atoms with Crippen molar-refractivity contribution in [3.05, 3.63) is 45.1 Å². The number of aromatic nitrogens is 1. The van der Waals surface area contributed by atoms with E-state index in [4.69, 9.17) is 22.2 Å². The number of halogens is 1. The first kappa shape index (κ1) is 43.5. The fourth-order valence-corrected chi connectivity index (χ4v) is 10.3. The van der Waals surface area contributed by atoms with Crippen LogP contribution in [0, 0.1) is 5.41 Å². The fraction of sp³-hybridized carbons (Fsp3) is 0.514. The molecule has 3 atom stereocenters. The average molecular weight is 842 g/mol. The zero-order valence-electron chi connectivity index (χ0n) is 31.3. The number of hydrogen-bond acceptors (Lipinski definition) is 15. The number of nitrogens with two attached hydrogens (primary N) is 1. The number of anilines is 1. The Kier molecular flexibility index (Phi) is 13.0. The topological polar surface area (TPSA) is 260 Å². The third kappa shape index (κ3) is 8.49. The normalized spacial score (nSPS) is 26.0. The largest absolute Gasteiger partial charge is 1.00 e. The van der Waals surface area contributed by atoms with Crippen LogP contribution in [0.5, 0.6) is 11.5 Å². The quantitative estimate of drug-likeness (QED) is 0.0338. The van der Waals surface area contributed by atoms with Gasteiger partial charge >= 0.3 is 29.6 Å². The number of nitrogens with one attached hydrogen (secondary N) is 2. The minimum absolute atomic E-state index is 0. The van der Waals surface area contributed by atoms with E-state index in [1.165, 1.54) is 43.1 Å². The van der Waals surface area contributed by atoms with Gasteiger partial charge in [-0.2, -0.15) is 0 Å². The molecule has 1 aromatic heterocycles. The van der Waals surface area contributed by atoms with Crippen molar-refractivity contribution in [2.45, 2.75) is 75.1 Å². The van der Waals surface area contributed by atoms with Gasteiger partial charge in [0.1, 0.15) is 17.1 Å². The van der Waals surface area contributed by atoms with Crippen LogP contribution in [0.3, 0.4) is 0 Å². The number of benzene rings is 1. The summed E-state index contributed by atoms with van der Waals surface area (Å²) in [5, 5.41) is 53.3. The molecule has 6 N–H and O–H groups in total. The summed E-state index contributed by atoms with van der Waals surface area (Å²) in [5.74, 6) is -6.11. The number of carboxylic acid groups (broad SMARTS) is 2. The van der Waals surface area contributed by atoms with Gasteiger partial charge in [-0.3, -0.25) is 19.3 Å². The summed E-state index contributed by atoms with van der Waals surface area (Å²) in [7, 11) is 0. The van der Waals surface area contributed by atoms with Gasteiger partial charge < -0.3 is 55.7 Å². The standard InChI is InChI=1S/C35H42ClN7O10S2.Na/c1-17-18(8-13-43-11-4-9-35(16-43,10-5-12-43)15-38-27(46)19-6-7-21(44)26(45)22(19)36)25(31(49)50)42-29(48)24(30(42)55-17)40-28(47)23(20-14-54-33(37)39-20)41-53-34(2,3)32(51)52;/h6-7,14,17,24,30H,4-5,8-13,15-16H2,1-3H3,(H7-,37,38,39,40,41,44,45,46,47,49,50,51,52);/q;+1/p-1/t17-,24+,30+,35?,43?;/m0./s1. The monoisotopic (exact) mass is 841 g/mol. The van der Waals surface area contributed by atoms with Crippen molar-refractivity contribution in [3.63, 3.8) is 0 Å². The first-order valence-electron chi connectivity index (χ1n) is 17.6. The van der Waals surface area contributed by atoms with Crippen molar-refractivity contribution in [2.24, 2.45) is 10.6 Å². The SMILES string of the molecule is C[C@@H]1S[C@@H]2[C@H](NC(=O)/C(=N/OC(C)(C)C(=O)[O-])c3csc(N)n3)C(=O)N2C(C(=O)[O-])=C1CC[N+]12CCCC(CNC(=O)c3ccc(O)c(O)c3Cl)(CCC1)C2.[Na+]. The Hall–Kier alpha value is -3.59. The average Bonchev–Trinajstić information content (AvgIpc) is 3.56. The third-order valence-corrected chi connectivity index (χ3v) is 13.4. The van der Waals surface area contributed by atoms with Crippen LogP contribution < -0.4 is 56.1 Å². The molecule has 3 fully saturated rings. The van der Waals surface area contributed by atoms with Crippen LogP contribution in [0.4, 0.5) is 5.13 Å². The molecule has 3 saturated heterocycles. The number of aromatic hydroxyl groups is 2. The Morgan fingerprint density at radius 3 is 2.48 bits per heavy atom. The molecule has 17 nitrogen and oxygen atoms in total. The van der Waals surface area contributed by atoms with E-state index >= 15 is 0 Å². The number of nitrogen functional groups attached to an aromatic ring is 1. The summed E-state index contributed by atoms with van der Waals surface area (Å²) in [5.41, 5.74) is 3.56. The van der Waals surface area contributed by atoms with Crippen LogP contribution in [0.1, 0.15) is 68.9 Å². The molecule has 3 amide bonds. The predicted molar refractivity (Wildman–Crippen MR) is 197 cm³/mol. The number of carbonyl (C=O) groups excluding carboxylic acids is 5. The van der Waals surface area contributed by atoms with Crippen molar-refractivity contribution in [2.75, 3.05) is 38.5 Å². The maximum absolute atomic E-state index is 13.6. The molecule has 6 rings (SSSR count). The van der Waals surface area contributed by atoms with Gasteiger partial charge in [-0.15, -0.1) is 23.1 Å². The zero-order chi connectivity index (χ0) is 40.0. The number of thiazole rings is 1. The molecule has 0 saturated carbocycles. The van der Waals surface area contributed by atoms with E-state index in [2.05, 4.69) is 20.8 Å². The summed E-state index contributed by atoms with van der Waals surface area (Å²) in [6, 6.07) is 1.41. The predicted octanol–water partition coefficient (Wildman–Crippen LogP) is -2.95. The van der Waals surface area contributed by atoms with Crippen LogP contribution in [0.15, 0.2) is 33.9 Å². The number of phenols is 2. The number of rotatable bonds is 13. The molecule has 56 heavy (non-hydrogen) atoms. The molecule has 2 bridgehead atoms. The number of carbonyl (C=O) groups is 5. The minimum Gasteiger partial charge on any atom is -0.546 e. The number of thioether (sulfide) groups is 1. The summed E-state index contributed by atoms with van der Waals surface area (Å²) < 4.78 is 0.716. The number of amides is 3. The maximum Gasteiger partial charge on any atom is 1.00 e. The van der Waals surface area contributed by atoms with Gasteiger partial charge in [0.25, 0.3) is 17.7 Å². The van der Waals surface area contributed by atoms with Crippen LogP contribution >= 0.6 is 34.7 Å². The Balaban J connectivity index is 0.00000600. The minimum atomic E-state index is -1.91. The fourth-order valence-electron chi connectivity index (χ4n) is 8.00. The number of hydrogen-bond donors (Lipinski definition) is 5. The van der Waals surface area contributed by atoms with Gasteiger partial charge in [-0.1, -0.05) is 16.8 Å². The molecule has 4 aliphatic rings. The Bertz CT molecular complexity index is 2000. The summed E-state index contributed by atoms with van der Waals surface area (Å²) >= 11 is 8.46. The van der Waals surface area contributed by atoms with Crippen LogP contribution in [0.2, 0.25) is 5.02 Å². The second kappa shape index (κ2) is 16.7. The number of fused-ring (bicyclic) bond motifs is 3. The molecule has 0 aliphatic carbocycles. The molecule has 296 valence electrons. The number of quaternary nitrogens is 1. The molecular formula is C35H41ClN7NaO10S2. The van der Waals surface area contributed by atoms with Crippen molar-refractivity contribution in [3.8, 4) is 11.5 Å². The number of β-lactam (4-membered cyclic amide) rings is 1. The molecule has 21 heteroatoms. The van der Waals surface area contributed by atoms with Crippen LogP contribution in [-0.4, -0.2) is 115 Å². The summed E-state index contributed by atoms with van der Waals surface area (Å²) in [6.07, 6.45) is 3.96. The molecule has 0 unspecified atom stereocenters. The number of nitrogens with zero attached hydrogens (tertiary/aromatic N) is 4. The van der Waals surface area contributed by atoms with Gasteiger partial charge in [0, 0.05) is 29.0 Å². The number of oxime groups is 1. The van der Waals surface area contributed by atoms with Crippen molar-refractivity contribution < 1.29 is 83.3 Å². The van der Waals surface area contributed by atoms with Gasteiger partial charge in [-0.25, -0.2) is 4.98 Å². The Labute approximate surface area is 357 Å². The number of aliphatic carboxylic acids is 2. The summed E-state index contributed by atoms with van der Waals surface area (Å²) in [6.45, 7) is 7.70. The van der Waals surface area contributed by atoms with Crippen molar-refractivity contribution in [1.82, 2.24) is 20.5 Å². The van der Waals surface area contributed by atoms with Crippen molar-refractivity contribution >= 4 is 75.2 Å². The number of phenolic OH excluding ortho intramolecular Hbond substituents is 2. The van der Waals surface area contributed by atoms with E-state index in [0.717, 1.165) is 61.6 Å². The van der Waals surface area contributed by atoms with E-state index in [1.54, 1.807) is 0 Å². The van der Waals surface area contributed by atoms with Gasteiger partial charge in [0.05, 0.1) is 54.4 Å². The Morgan fingerprint density at radius 1 is 1.20 bits per heavy atom. The summed E-state index contributed by atoms with van der Waals surface area (Å²) in [4.78, 5) is 74.6. The molecule has 1 aromatic carbocycles. The second-order valence-electron chi connectivity index (χ2n) is 15.0. The molecule has 4 aliphatic heterocycles. The van der Waals surface area contributed by atoms with E-state index in [-0.39, 0.29) is 67.3 Å². The molecule has 0 radical (unpaired) electrons. The van der Waals surface area contributed by atoms with Crippen molar-refractivity contribution in [1.29, 1.82) is 0 Å².